The van der Waals surface area contributed by atoms with Crippen molar-refractivity contribution in [2.75, 3.05) is 20.3 Å². The molecule has 1 amide bonds. The van der Waals surface area contributed by atoms with Crippen LogP contribution in [0.15, 0.2) is 12.3 Å². The van der Waals surface area contributed by atoms with E-state index in [1.165, 1.54) is 24.1 Å². The van der Waals surface area contributed by atoms with Gasteiger partial charge in [0.25, 0.3) is 0 Å². The molecule has 7 nitrogen and oxygen atoms in total. The Bertz CT molecular complexity index is 402. The van der Waals surface area contributed by atoms with Crippen molar-refractivity contribution in [1.82, 2.24) is 15.1 Å². The van der Waals surface area contributed by atoms with Gasteiger partial charge in [0.15, 0.2) is 0 Å². The number of methoxy groups -OCH3 is 1. The molecule has 0 saturated carbocycles. The number of nitrogens with zero attached hydrogens (tertiary/aromatic N) is 2. The molecule has 0 aliphatic rings. The highest BCUT2D eigenvalue weighted by molar-refractivity contribution is 5.87. The fourth-order valence-corrected chi connectivity index (χ4v) is 1.33. The van der Waals surface area contributed by atoms with Gasteiger partial charge in [-0.15, -0.1) is 0 Å². The van der Waals surface area contributed by atoms with E-state index in [0.29, 0.717) is 13.2 Å². The van der Waals surface area contributed by atoms with Crippen molar-refractivity contribution in [3.8, 4) is 0 Å². The topological polar surface area (TPSA) is 93.5 Å². The Labute approximate surface area is 98.4 Å². The number of carboxylic acid groups (broad SMARTS) is 1. The molecule has 0 saturated heterocycles. The van der Waals surface area contributed by atoms with Crippen molar-refractivity contribution in [2.45, 2.75) is 13.0 Å². The second-order valence-electron chi connectivity index (χ2n) is 3.43. The van der Waals surface area contributed by atoms with Gasteiger partial charge in [0.1, 0.15) is 11.7 Å². The Balaban J connectivity index is 2.68. The van der Waals surface area contributed by atoms with E-state index in [4.69, 9.17) is 9.84 Å². The first-order valence-corrected chi connectivity index (χ1v) is 5.11. The Morgan fingerprint density at radius 2 is 2.35 bits per heavy atom. The van der Waals surface area contributed by atoms with Crippen LogP contribution in [0.2, 0.25) is 0 Å². The summed E-state index contributed by atoms with van der Waals surface area (Å²) >= 11 is 0. The number of nitrogens with one attached hydrogen (secondary N) is 1. The Kier molecular flexibility index (Phi) is 4.65. The van der Waals surface area contributed by atoms with Crippen molar-refractivity contribution in [1.29, 1.82) is 0 Å². The molecule has 1 aromatic heterocycles. The van der Waals surface area contributed by atoms with Crippen LogP contribution in [0.1, 0.15) is 23.5 Å². The lowest BCUT2D eigenvalue weighted by Crippen LogP contribution is -2.34. The predicted molar refractivity (Wildman–Crippen MR) is 58.8 cm³/mol. The molecule has 7 heteroatoms. The molecule has 0 aromatic carbocycles. The van der Waals surface area contributed by atoms with Crippen LogP contribution < -0.4 is 5.32 Å². The summed E-state index contributed by atoms with van der Waals surface area (Å²) in [5.74, 6) is -1.41. The maximum absolute atomic E-state index is 11.7. The van der Waals surface area contributed by atoms with Crippen molar-refractivity contribution >= 4 is 11.9 Å². The molecular formula is C10H15N3O4. The maximum Gasteiger partial charge on any atom is 0.354 e. The van der Waals surface area contributed by atoms with Crippen molar-refractivity contribution in [3.63, 3.8) is 0 Å². The van der Waals surface area contributed by atoms with Crippen molar-refractivity contribution in [2.24, 2.45) is 0 Å². The van der Waals surface area contributed by atoms with Gasteiger partial charge in [-0.25, -0.2) is 9.48 Å². The molecule has 1 rings (SSSR count). The van der Waals surface area contributed by atoms with Crippen LogP contribution in [-0.2, 0) is 9.53 Å². The van der Waals surface area contributed by atoms with Gasteiger partial charge in [-0.1, -0.05) is 0 Å². The normalized spacial score (nSPS) is 12.1. The highest BCUT2D eigenvalue weighted by Crippen LogP contribution is 2.09. The van der Waals surface area contributed by atoms with Gasteiger partial charge in [0, 0.05) is 19.9 Å². The summed E-state index contributed by atoms with van der Waals surface area (Å²) in [7, 11) is 1.53. The number of aromatic nitrogens is 2. The lowest BCUT2D eigenvalue weighted by atomic mass is 10.3. The SMILES string of the molecule is COCCNC(=O)C(C)n1nccc1C(=O)O. The minimum atomic E-state index is -1.11. The van der Waals surface area contributed by atoms with E-state index in [2.05, 4.69) is 10.4 Å². The number of rotatable bonds is 6. The molecule has 94 valence electrons. The minimum absolute atomic E-state index is 0.0145. The monoisotopic (exact) mass is 241 g/mol. The van der Waals surface area contributed by atoms with Gasteiger partial charge >= 0.3 is 5.97 Å². The van der Waals surface area contributed by atoms with Crippen molar-refractivity contribution < 1.29 is 19.4 Å². The second-order valence-corrected chi connectivity index (χ2v) is 3.43. The zero-order valence-electron chi connectivity index (χ0n) is 9.71. The molecule has 0 bridgehead atoms. The fraction of sp³-hybridized carbons (Fsp3) is 0.500. The molecule has 0 spiro atoms. The molecule has 0 aliphatic heterocycles. The lowest BCUT2D eigenvalue weighted by Gasteiger charge is -2.13. The number of carboxylic acids is 1. The second kappa shape index (κ2) is 6.00. The zero-order valence-corrected chi connectivity index (χ0v) is 9.71. The van der Waals surface area contributed by atoms with Crippen LogP contribution in [0.5, 0.6) is 0 Å². The Morgan fingerprint density at radius 3 is 2.94 bits per heavy atom. The van der Waals surface area contributed by atoms with Gasteiger partial charge in [-0.05, 0) is 13.0 Å². The number of carbonyl (C=O) groups is 2. The first-order chi connectivity index (χ1) is 8.07. The van der Waals surface area contributed by atoms with Crippen LogP contribution in [0.3, 0.4) is 0 Å². The van der Waals surface area contributed by atoms with E-state index in [9.17, 15) is 9.59 Å². The number of ether oxygens (including phenoxy) is 1. The molecule has 17 heavy (non-hydrogen) atoms. The average Bonchev–Trinajstić information content (AvgIpc) is 2.77. The van der Waals surface area contributed by atoms with E-state index in [0.717, 1.165) is 0 Å². The molecule has 1 unspecified atom stereocenters. The van der Waals surface area contributed by atoms with Gasteiger partial charge in [-0.3, -0.25) is 4.79 Å². The third-order valence-corrected chi connectivity index (χ3v) is 2.24. The van der Waals surface area contributed by atoms with Gasteiger partial charge in [0.2, 0.25) is 5.91 Å². The minimum Gasteiger partial charge on any atom is -0.477 e. The highest BCUT2D eigenvalue weighted by atomic mass is 16.5. The molecule has 0 fully saturated rings. The van der Waals surface area contributed by atoms with Gasteiger partial charge < -0.3 is 15.2 Å². The summed E-state index contributed by atoms with van der Waals surface area (Å²) in [6.45, 7) is 2.37. The van der Waals surface area contributed by atoms with E-state index < -0.39 is 12.0 Å². The summed E-state index contributed by atoms with van der Waals surface area (Å²) in [5, 5.41) is 15.3. The van der Waals surface area contributed by atoms with E-state index in [1.54, 1.807) is 6.92 Å². The van der Waals surface area contributed by atoms with Crippen LogP contribution in [0.4, 0.5) is 0 Å². The van der Waals surface area contributed by atoms with Crippen LogP contribution in [0.25, 0.3) is 0 Å². The fourth-order valence-electron chi connectivity index (χ4n) is 1.33. The van der Waals surface area contributed by atoms with Crippen LogP contribution in [-0.4, -0.2) is 47.0 Å². The lowest BCUT2D eigenvalue weighted by molar-refractivity contribution is -0.124. The Morgan fingerprint density at radius 1 is 1.65 bits per heavy atom. The van der Waals surface area contributed by atoms with Crippen LogP contribution >= 0.6 is 0 Å². The molecule has 1 aromatic rings. The zero-order chi connectivity index (χ0) is 12.8. The van der Waals surface area contributed by atoms with Crippen molar-refractivity contribution in [3.05, 3.63) is 18.0 Å². The number of hydrogen-bond donors (Lipinski definition) is 2. The highest BCUT2D eigenvalue weighted by Gasteiger charge is 2.20. The summed E-state index contributed by atoms with van der Waals surface area (Å²) in [4.78, 5) is 22.5. The molecular weight excluding hydrogens is 226 g/mol. The van der Waals surface area contributed by atoms with Gasteiger partial charge in [-0.2, -0.15) is 5.10 Å². The molecule has 2 N–H and O–H groups in total. The molecule has 0 aliphatic carbocycles. The third kappa shape index (κ3) is 3.28. The predicted octanol–water partition coefficient (Wildman–Crippen LogP) is -0.0951. The molecule has 1 heterocycles. The standard InChI is InChI=1S/C10H15N3O4/c1-7(9(14)11-5-6-17-2)13-8(10(15)16)3-4-12-13/h3-4,7H,5-6H2,1-2H3,(H,11,14)(H,15,16). The largest absolute Gasteiger partial charge is 0.477 e. The summed E-state index contributed by atoms with van der Waals surface area (Å²) in [6, 6.07) is 0.675. The quantitative estimate of drug-likeness (QED) is 0.678. The summed E-state index contributed by atoms with van der Waals surface area (Å²) < 4.78 is 5.96. The maximum atomic E-state index is 11.7. The first-order valence-electron chi connectivity index (χ1n) is 5.11. The third-order valence-electron chi connectivity index (χ3n) is 2.24. The molecule has 0 radical (unpaired) electrons. The smallest absolute Gasteiger partial charge is 0.354 e. The summed E-state index contributed by atoms with van der Waals surface area (Å²) in [6.07, 6.45) is 1.35. The van der Waals surface area contributed by atoms with Gasteiger partial charge in [0.05, 0.1) is 6.61 Å². The number of hydrogen-bond acceptors (Lipinski definition) is 4. The average molecular weight is 241 g/mol. The van der Waals surface area contributed by atoms with E-state index >= 15 is 0 Å². The first kappa shape index (κ1) is 13.2. The molecule has 1 atom stereocenters. The van der Waals surface area contributed by atoms with E-state index in [-0.39, 0.29) is 11.6 Å². The number of amides is 1. The summed E-state index contributed by atoms with van der Waals surface area (Å²) in [5.41, 5.74) is -0.0145. The number of aromatic carboxylic acids is 1. The number of carbonyl (C=O) groups excluding carboxylic acids is 1. The van der Waals surface area contributed by atoms with E-state index in [1.807, 2.05) is 0 Å². The Hall–Kier alpha value is -1.89. The van der Waals surface area contributed by atoms with Crippen LogP contribution in [0, 0.1) is 0 Å².